The standard InChI is InChI=1S/C16H16BrN3/c1-11-13(17)8-9-16(18-11)20(3)15-10-19(2)14-7-5-4-6-12(14)15/h4-10H,1-3H3. The highest BCUT2D eigenvalue weighted by Gasteiger charge is 2.13. The van der Waals surface area contributed by atoms with Gasteiger partial charge in [-0.1, -0.05) is 18.2 Å². The zero-order valence-electron chi connectivity index (χ0n) is 11.8. The number of benzene rings is 1. The summed E-state index contributed by atoms with van der Waals surface area (Å²) in [7, 11) is 4.12. The Morgan fingerprint density at radius 1 is 1.15 bits per heavy atom. The maximum Gasteiger partial charge on any atom is 0.133 e. The fourth-order valence-electron chi connectivity index (χ4n) is 2.43. The third kappa shape index (κ3) is 2.10. The summed E-state index contributed by atoms with van der Waals surface area (Å²) in [6, 6.07) is 12.5. The van der Waals surface area contributed by atoms with Crippen molar-refractivity contribution in [1.82, 2.24) is 9.55 Å². The van der Waals surface area contributed by atoms with Crippen molar-refractivity contribution in [2.75, 3.05) is 11.9 Å². The molecule has 0 aliphatic rings. The van der Waals surface area contributed by atoms with Crippen molar-refractivity contribution >= 4 is 38.3 Å². The van der Waals surface area contributed by atoms with E-state index >= 15 is 0 Å². The molecule has 0 bridgehead atoms. The monoisotopic (exact) mass is 329 g/mol. The normalized spacial score (nSPS) is 11.0. The van der Waals surface area contributed by atoms with Gasteiger partial charge >= 0.3 is 0 Å². The molecule has 0 aliphatic carbocycles. The molecule has 0 saturated heterocycles. The van der Waals surface area contributed by atoms with Crippen LogP contribution in [0.4, 0.5) is 11.5 Å². The van der Waals surface area contributed by atoms with E-state index in [-0.39, 0.29) is 0 Å². The SMILES string of the molecule is Cc1nc(N(C)c2cn(C)c3ccccc23)ccc1Br. The molecular weight excluding hydrogens is 314 g/mol. The highest BCUT2D eigenvalue weighted by molar-refractivity contribution is 9.10. The van der Waals surface area contributed by atoms with Crippen molar-refractivity contribution < 1.29 is 0 Å². The molecule has 0 atom stereocenters. The number of pyridine rings is 1. The van der Waals surface area contributed by atoms with Gasteiger partial charge in [-0.25, -0.2) is 4.98 Å². The Morgan fingerprint density at radius 3 is 2.65 bits per heavy atom. The first kappa shape index (κ1) is 13.2. The molecule has 0 saturated carbocycles. The molecule has 0 amide bonds. The van der Waals surface area contributed by atoms with Gasteiger partial charge in [0.1, 0.15) is 5.82 Å². The number of rotatable bonds is 2. The lowest BCUT2D eigenvalue weighted by Gasteiger charge is -2.18. The lowest BCUT2D eigenvalue weighted by atomic mass is 10.2. The Balaban J connectivity index is 2.12. The van der Waals surface area contributed by atoms with Crippen molar-refractivity contribution in [3.05, 3.63) is 52.8 Å². The third-order valence-corrected chi connectivity index (χ3v) is 4.43. The van der Waals surface area contributed by atoms with Gasteiger partial charge < -0.3 is 9.47 Å². The number of fused-ring (bicyclic) bond motifs is 1. The van der Waals surface area contributed by atoms with Crippen LogP contribution in [-0.4, -0.2) is 16.6 Å². The molecule has 0 radical (unpaired) electrons. The lowest BCUT2D eigenvalue weighted by Crippen LogP contribution is -2.11. The summed E-state index contributed by atoms with van der Waals surface area (Å²) >= 11 is 3.49. The molecule has 3 aromatic rings. The van der Waals surface area contributed by atoms with Crippen molar-refractivity contribution in [2.24, 2.45) is 7.05 Å². The van der Waals surface area contributed by atoms with Crippen molar-refractivity contribution in [2.45, 2.75) is 6.92 Å². The second kappa shape index (κ2) is 4.94. The minimum Gasteiger partial charge on any atom is -0.348 e. The average Bonchev–Trinajstić information content (AvgIpc) is 2.79. The van der Waals surface area contributed by atoms with Gasteiger partial charge in [0.05, 0.1) is 11.4 Å². The minimum absolute atomic E-state index is 0.946. The summed E-state index contributed by atoms with van der Waals surface area (Å²) in [6.07, 6.45) is 2.14. The Hall–Kier alpha value is -1.81. The van der Waals surface area contributed by atoms with Crippen LogP contribution < -0.4 is 4.90 Å². The van der Waals surface area contributed by atoms with Gasteiger partial charge in [0.15, 0.2) is 0 Å². The smallest absolute Gasteiger partial charge is 0.133 e. The molecule has 0 N–H and O–H groups in total. The van der Waals surface area contributed by atoms with Crippen LogP contribution in [-0.2, 0) is 7.05 Å². The summed E-state index contributed by atoms with van der Waals surface area (Å²) in [5.41, 5.74) is 3.38. The first-order chi connectivity index (χ1) is 9.58. The average molecular weight is 330 g/mol. The predicted molar refractivity (Wildman–Crippen MR) is 87.7 cm³/mol. The largest absolute Gasteiger partial charge is 0.348 e. The van der Waals surface area contributed by atoms with Crippen LogP contribution in [0, 0.1) is 6.92 Å². The van der Waals surface area contributed by atoms with Gasteiger partial charge in [-0.3, -0.25) is 0 Å². The Bertz CT molecular complexity index is 776. The van der Waals surface area contributed by atoms with Crippen LogP contribution in [0.5, 0.6) is 0 Å². The fraction of sp³-hybridized carbons (Fsp3) is 0.188. The van der Waals surface area contributed by atoms with Crippen LogP contribution in [0.3, 0.4) is 0 Å². The number of aromatic nitrogens is 2. The topological polar surface area (TPSA) is 21.1 Å². The predicted octanol–water partition coefficient (Wildman–Crippen LogP) is 4.41. The van der Waals surface area contributed by atoms with Crippen LogP contribution in [0.2, 0.25) is 0 Å². The molecule has 3 rings (SSSR count). The number of anilines is 2. The zero-order chi connectivity index (χ0) is 14.3. The molecular formula is C16H16BrN3. The van der Waals surface area contributed by atoms with E-state index in [1.165, 1.54) is 10.9 Å². The highest BCUT2D eigenvalue weighted by atomic mass is 79.9. The lowest BCUT2D eigenvalue weighted by molar-refractivity contribution is 0.963. The van der Waals surface area contributed by atoms with E-state index in [9.17, 15) is 0 Å². The molecule has 4 heteroatoms. The maximum absolute atomic E-state index is 4.63. The summed E-state index contributed by atoms with van der Waals surface area (Å²) < 4.78 is 3.18. The van der Waals surface area contributed by atoms with E-state index in [0.29, 0.717) is 0 Å². The molecule has 1 aromatic carbocycles. The third-order valence-electron chi connectivity index (χ3n) is 3.59. The maximum atomic E-state index is 4.63. The van der Waals surface area contributed by atoms with Crippen LogP contribution in [0.25, 0.3) is 10.9 Å². The van der Waals surface area contributed by atoms with E-state index < -0.39 is 0 Å². The van der Waals surface area contributed by atoms with Gasteiger partial charge in [0.2, 0.25) is 0 Å². The number of halogens is 1. The molecule has 2 heterocycles. The summed E-state index contributed by atoms with van der Waals surface area (Å²) in [5, 5.41) is 1.24. The molecule has 2 aromatic heterocycles. The van der Waals surface area contributed by atoms with E-state index in [2.05, 4.69) is 74.9 Å². The Morgan fingerprint density at radius 2 is 1.90 bits per heavy atom. The summed E-state index contributed by atoms with van der Waals surface area (Å²) in [5.74, 6) is 0.946. The number of hydrogen-bond acceptors (Lipinski definition) is 2. The molecule has 3 nitrogen and oxygen atoms in total. The first-order valence-electron chi connectivity index (χ1n) is 6.49. The number of para-hydroxylation sites is 1. The number of nitrogens with zero attached hydrogens (tertiary/aromatic N) is 3. The minimum atomic E-state index is 0.946. The number of hydrogen-bond donors (Lipinski definition) is 0. The fourth-order valence-corrected chi connectivity index (χ4v) is 2.65. The van der Waals surface area contributed by atoms with Crippen molar-refractivity contribution in [3.63, 3.8) is 0 Å². The zero-order valence-corrected chi connectivity index (χ0v) is 13.3. The first-order valence-corrected chi connectivity index (χ1v) is 7.28. The number of aryl methyl sites for hydroxylation is 2. The highest BCUT2D eigenvalue weighted by Crippen LogP contribution is 2.32. The van der Waals surface area contributed by atoms with Gasteiger partial charge in [-0.05, 0) is 41.1 Å². The van der Waals surface area contributed by atoms with Gasteiger partial charge in [0.25, 0.3) is 0 Å². The van der Waals surface area contributed by atoms with Crippen LogP contribution >= 0.6 is 15.9 Å². The quantitative estimate of drug-likeness (QED) is 0.694. The van der Waals surface area contributed by atoms with Crippen molar-refractivity contribution in [3.8, 4) is 0 Å². The molecule has 20 heavy (non-hydrogen) atoms. The summed E-state index contributed by atoms with van der Waals surface area (Å²) in [6.45, 7) is 2.00. The van der Waals surface area contributed by atoms with Crippen LogP contribution in [0.15, 0.2) is 47.1 Å². The van der Waals surface area contributed by atoms with E-state index in [1.807, 2.05) is 19.1 Å². The second-order valence-electron chi connectivity index (χ2n) is 4.94. The van der Waals surface area contributed by atoms with Crippen molar-refractivity contribution in [1.29, 1.82) is 0 Å². The van der Waals surface area contributed by atoms with Gasteiger partial charge in [-0.2, -0.15) is 0 Å². The van der Waals surface area contributed by atoms with Gasteiger partial charge in [0, 0.05) is 35.7 Å². The van der Waals surface area contributed by atoms with E-state index in [4.69, 9.17) is 0 Å². The van der Waals surface area contributed by atoms with E-state index in [0.717, 1.165) is 21.7 Å². The van der Waals surface area contributed by atoms with E-state index in [1.54, 1.807) is 0 Å². The molecule has 102 valence electrons. The van der Waals surface area contributed by atoms with Crippen LogP contribution in [0.1, 0.15) is 5.69 Å². The Kier molecular flexibility index (Phi) is 3.26. The van der Waals surface area contributed by atoms with Gasteiger partial charge in [-0.15, -0.1) is 0 Å². The molecule has 0 spiro atoms. The molecule has 0 aliphatic heterocycles. The molecule has 0 fully saturated rings. The Labute approximate surface area is 127 Å². The molecule has 0 unspecified atom stereocenters. The summed E-state index contributed by atoms with van der Waals surface area (Å²) in [4.78, 5) is 6.76. The second-order valence-corrected chi connectivity index (χ2v) is 5.79.